The van der Waals surface area contributed by atoms with Crippen molar-refractivity contribution in [3.8, 4) is 0 Å². The minimum absolute atomic E-state index is 0.0284. The van der Waals surface area contributed by atoms with Gasteiger partial charge in [0.1, 0.15) is 0 Å². The molecule has 0 saturated heterocycles. The van der Waals surface area contributed by atoms with Gasteiger partial charge in [-0.1, -0.05) is 12.8 Å². The van der Waals surface area contributed by atoms with Gasteiger partial charge >= 0.3 is 0 Å². The van der Waals surface area contributed by atoms with Crippen molar-refractivity contribution in [2.75, 3.05) is 0 Å². The van der Waals surface area contributed by atoms with Gasteiger partial charge in [0.2, 0.25) is 0 Å². The molecule has 0 bridgehead atoms. The van der Waals surface area contributed by atoms with Crippen molar-refractivity contribution in [2.24, 2.45) is 5.92 Å². The first-order valence-electron chi connectivity index (χ1n) is 4.79. The zero-order valence-electron chi connectivity index (χ0n) is 7.86. The van der Waals surface area contributed by atoms with E-state index in [0.717, 1.165) is 24.6 Å². The molecule has 0 aliphatic heterocycles. The summed E-state index contributed by atoms with van der Waals surface area (Å²) in [5.41, 5.74) is 0.994. The Morgan fingerprint density at radius 1 is 1.54 bits per heavy atom. The molecule has 1 fully saturated rings. The zero-order chi connectivity index (χ0) is 9.26. The second-order valence-electron chi connectivity index (χ2n) is 3.77. The van der Waals surface area contributed by atoms with Crippen LogP contribution < -0.4 is 5.56 Å². The molecule has 70 valence electrons. The molecule has 0 radical (unpaired) electrons. The summed E-state index contributed by atoms with van der Waals surface area (Å²) in [6.45, 7) is 2.79. The largest absolute Gasteiger partial charge is 0.310 e. The third-order valence-electron chi connectivity index (χ3n) is 2.60. The molecule has 1 aliphatic carbocycles. The second kappa shape index (κ2) is 3.32. The molecule has 1 aliphatic rings. The average Bonchev–Trinajstić information content (AvgIpc) is 2.87. The molecule has 1 aromatic heterocycles. The van der Waals surface area contributed by atoms with Crippen molar-refractivity contribution >= 4 is 0 Å². The minimum atomic E-state index is 0.0284. The third kappa shape index (κ3) is 1.97. The highest BCUT2D eigenvalue weighted by Gasteiger charge is 2.20. The quantitative estimate of drug-likeness (QED) is 0.700. The highest BCUT2D eigenvalue weighted by Crippen LogP contribution is 2.32. The number of hydrogen-bond donors (Lipinski definition) is 0. The van der Waals surface area contributed by atoms with E-state index >= 15 is 0 Å². The molecule has 2 rings (SSSR count). The maximum absolute atomic E-state index is 11.4. The molecule has 0 aromatic carbocycles. The summed E-state index contributed by atoms with van der Waals surface area (Å²) in [5, 5.41) is 0. The molecule has 0 amide bonds. The summed E-state index contributed by atoms with van der Waals surface area (Å²) < 4.78 is 1.81. The van der Waals surface area contributed by atoms with Crippen LogP contribution in [0.5, 0.6) is 0 Å². The van der Waals surface area contributed by atoms with E-state index in [1.807, 2.05) is 11.5 Å². The van der Waals surface area contributed by atoms with Gasteiger partial charge in [0.15, 0.2) is 0 Å². The number of aryl methyl sites for hydroxylation is 1. The maximum Gasteiger partial charge on any atom is 0.269 e. The minimum Gasteiger partial charge on any atom is -0.310 e. The molecular weight excluding hydrogens is 164 g/mol. The third-order valence-corrected chi connectivity index (χ3v) is 2.60. The summed E-state index contributed by atoms with van der Waals surface area (Å²) in [5.74, 6) is 0.875. The molecule has 1 saturated carbocycles. The topological polar surface area (TPSA) is 34.9 Å². The number of rotatable bonds is 3. The van der Waals surface area contributed by atoms with E-state index in [1.54, 1.807) is 6.20 Å². The van der Waals surface area contributed by atoms with Crippen LogP contribution in [0.4, 0.5) is 0 Å². The second-order valence-corrected chi connectivity index (χ2v) is 3.77. The maximum atomic E-state index is 11.4. The van der Waals surface area contributed by atoms with Crippen LogP contribution in [-0.2, 0) is 6.54 Å². The van der Waals surface area contributed by atoms with Crippen LogP contribution >= 0.6 is 0 Å². The predicted molar refractivity (Wildman–Crippen MR) is 50.6 cm³/mol. The molecule has 0 N–H and O–H groups in total. The Bertz CT molecular complexity index is 352. The van der Waals surface area contributed by atoms with Crippen LogP contribution in [0.25, 0.3) is 0 Å². The van der Waals surface area contributed by atoms with E-state index in [2.05, 4.69) is 4.98 Å². The highest BCUT2D eigenvalue weighted by atomic mass is 16.1. The van der Waals surface area contributed by atoms with E-state index in [4.69, 9.17) is 0 Å². The van der Waals surface area contributed by atoms with Crippen LogP contribution in [0.2, 0.25) is 0 Å². The monoisotopic (exact) mass is 178 g/mol. The summed E-state index contributed by atoms with van der Waals surface area (Å²) in [6, 6.07) is 0. The summed E-state index contributed by atoms with van der Waals surface area (Å²) >= 11 is 0. The first-order valence-corrected chi connectivity index (χ1v) is 4.79. The Morgan fingerprint density at radius 3 is 2.92 bits per heavy atom. The van der Waals surface area contributed by atoms with Gasteiger partial charge in [0.25, 0.3) is 5.56 Å². The van der Waals surface area contributed by atoms with Crippen molar-refractivity contribution in [1.29, 1.82) is 0 Å². The standard InChI is InChI=1S/C10H14N2O/c1-8-6-11-7-10(13)12(8)5-4-9-2-3-9/h6-7,9H,2-5H2,1H3. The molecule has 0 spiro atoms. The van der Waals surface area contributed by atoms with E-state index in [0.29, 0.717) is 0 Å². The molecular formula is C10H14N2O. The smallest absolute Gasteiger partial charge is 0.269 e. The molecule has 1 aromatic rings. The average molecular weight is 178 g/mol. The van der Waals surface area contributed by atoms with Crippen molar-refractivity contribution in [2.45, 2.75) is 32.7 Å². The van der Waals surface area contributed by atoms with Gasteiger partial charge in [-0.2, -0.15) is 0 Å². The number of aromatic nitrogens is 2. The van der Waals surface area contributed by atoms with Gasteiger partial charge in [0, 0.05) is 18.4 Å². The lowest BCUT2D eigenvalue weighted by atomic mass is 10.3. The molecule has 3 nitrogen and oxygen atoms in total. The Labute approximate surface area is 77.4 Å². The molecule has 3 heteroatoms. The lowest BCUT2D eigenvalue weighted by Gasteiger charge is -2.07. The Morgan fingerprint density at radius 2 is 2.31 bits per heavy atom. The van der Waals surface area contributed by atoms with Crippen molar-refractivity contribution in [3.05, 3.63) is 28.4 Å². The lowest BCUT2D eigenvalue weighted by Crippen LogP contribution is -2.22. The van der Waals surface area contributed by atoms with Crippen LogP contribution in [0.15, 0.2) is 17.2 Å². The number of nitrogens with zero attached hydrogens (tertiary/aromatic N) is 2. The van der Waals surface area contributed by atoms with E-state index in [9.17, 15) is 4.79 Å². The number of hydrogen-bond acceptors (Lipinski definition) is 2. The molecule has 0 atom stereocenters. The SMILES string of the molecule is Cc1cncc(=O)n1CCC1CC1. The molecule has 0 unspecified atom stereocenters. The molecule has 13 heavy (non-hydrogen) atoms. The van der Waals surface area contributed by atoms with Gasteiger partial charge in [-0.25, -0.2) is 0 Å². The Kier molecular flexibility index (Phi) is 2.17. The lowest BCUT2D eigenvalue weighted by molar-refractivity contribution is 0.566. The normalized spacial score (nSPS) is 16.1. The van der Waals surface area contributed by atoms with Gasteiger partial charge in [-0.05, 0) is 19.3 Å². The first kappa shape index (κ1) is 8.48. The van der Waals surface area contributed by atoms with E-state index in [1.165, 1.54) is 19.0 Å². The van der Waals surface area contributed by atoms with Crippen molar-refractivity contribution in [1.82, 2.24) is 9.55 Å². The fraction of sp³-hybridized carbons (Fsp3) is 0.600. The summed E-state index contributed by atoms with van der Waals surface area (Å²) in [6.07, 6.45) is 6.97. The van der Waals surface area contributed by atoms with Crippen LogP contribution in [0.1, 0.15) is 25.0 Å². The van der Waals surface area contributed by atoms with Crippen LogP contribution in [0.3, 0.4) is 0 Å². The first-order chi connectivity index (χ1) is 6.27. The fourth-order valence-electron chi connectivity index (χ4n) is 1.53. The predicted octanol–water partition coefficient (Wildman–Crippen LogP) is 1.35. The van der Waals surface area contributed by atoms with Gasteiger partial charge in [-0.3, -0.25) is 9.78 Å². The van der Waals surface area contributed by atoms with Gasteiger partial charge in [0.05, 0.1) is 6.20 Å². The van der Waals surface area contributed by atoms with Crippen LogP contribution in [0, 0.1) is 12.8 Å². The summed E-state index contributed by atoms with van der Waals surface area (Å²) in [4.78, 5) is 15.2. The van der Waals surface area contributed by atoms with Crippen molar-refractivity contribution < 1.29 is 0 Å². The van der Waals surface area contributed by atoms with E-state index < -0.39 is 0 Å². The van der Waals surface area contributed by atoms with Gasteiger partial charge in [-0.15, -0.1) is 0 Å². The van der Waals surface area contributed by atoms with E-state index in [-0.39, 0.29) is 5.56 Å². The zero-order valence-corrected chi connectivity index (χ0v) is 7.86. The van der Waals surface area contributed by atoms with Gasteiger partial charge < -0.3 is 4.57 Å². The Balaban J connectivity index is 2.12. The fourth-order valence-corrected chi connectivity index (χ4v) is 1.53. The van der Waals surface area contributed by atoms with Crippen molar-refractivity contribution in [3.63, 3.8) is 0 Å². The van der Waals surface area contributed by atoms with Crippen LogP contribution in [-0.4, -0.2) is 9.55 Å². The molecule has 1 heterocycles. The highest BCUT2D eigenvalue weighted by molar-refractivity contribution is 4.95. The Hall–Kier alpha value is -1.12. The summed E-state index contributed by atoms with van der Waals surface area (Å²) in [7, 11) is 0.